The number of carbonyl (C=O) groups is 1. The van der Waals surface area contributed by atoms with Crippen LogP contribution < -0.4 is 16.2 Å². The zero-order valence-corrected chi connectivity index (χ0v) is 13.0. The van der Waals surface area contributed by atoms with Crippen LogP contribution in [-0.4, -0.2) is 27.6 Å². The Kier molecular flexibility index (Phi) is 4.30. The highest BCUT2D eigenvalue weighted by molar-refractivity contribution is 5.94. The first-order valence-electron chi connectivity index (χ1n) is 7.55. The number of carbonyl (C=O) groups excluding carboxylic acids is 1. The topological polar surface area (TPSA) is 96.2 Å². The zero-order valence-electron chi connectivity index (χ0n) is 13.0. The van der Waals surface area contributed by atoms with Gasteiger partial charge in [0.1, 0.15) is 11.6 Å². The van der Waals surface area contributed by atoms with Gasteiger partial charge in [-0.3, -0.25) is 14.2 Å². The van der Waals surface area contributed by atoms with Crippen molar-refractivity contribution in [1.82, 2.24) is 20.2 Å². The molecule has 0 bridgehead atoms. The number of benzene rings is 1. The Balaban J connectivity index is 1.83. The molecule has 2 heterocycles. The van der Waals surface area contributed by atoms with Gasteiger partial charge in [0.2, 0.25) is 5.75 Å². The Morgan fingerprint density at radius 3 is 2.79 bits per heavy atom. The minimum atomic E-state index is -0.660. The van der Waals surface area contributed by atoms with E-state index < -0.39 is 17.2 Å². The van der Waals surface area contributed by atoms with E-state index in [2.05, 4.69) is 15.6 Å². The summed E-state index contributed by atoms with van der Waals surface area (Å²) in [5, 5.41) is 15.6. The summed E-state index contributed by atoms with van der Waals surface area (Å²) in [6.45, 7) is 0.575. The molecule has 3 N–H and O–H groups in total. The Bertz CT molecular complexity index is 832. The van der Waals surface area contributed by atoms with E-state index in [-0.39, 0.29) is 24.1 Å². The highest BCUT2D eigenvalue weighted by Crippen LogP contribution is 2.24. The van der Waals surface area contributed by atoms with Crippen LogP contribution in [-0.2, 0) is 13.1 Å². The van der Waals surface area contributed by atoms with Gasteiger partial charge in [-0.15, -0.1) is 0 Å². The van der Waals surface area contributed by atoms with Gasteiger partial charge in [-0.2, -0.15) is 0 Å². The van der Waals surface area contributed by atoms with E-state index in [1.807, 2.05) is 0 Å². The number of hydrogen-bond acceptors (Lipinski definition) is 5. The lowest BCUT2D eigenvalue weighted by atomic mass is 10.2. The molecule has 3 rings (SSSR count). The van der Waals surface area contributed by atoms with Gasteiger partial charge in [0.05, 0.1) is 6.04 Å². The van der Waals surface area contributed by atoms with Gasteiger partial charge in [0.25, 0.3) is 11.5 Å². The van der Waals surface area contributed by atoms with Gasteiger partial charge >= 0.3 is 0 Å². The number of rotatable bonds is 4. The van der Waals surface area contributed by atoms with Crippen LogP contribution >= 0.6 is 0 Å². The van der Waals surface area contributed by atoms with Gasteiger partial charge in [-0.25, -0.2) is 9.37 Å². The number of amides is 1. The van der Waals surface area contributed by atoms with Crippen molar-refractivity contribution in [1.29, 1.82) is 0 Å². The Labute approximate surface area is 137 Å². The number of nitrogens with zero attached hydrogens (tertiary/aromatic N) is 2. The number of aromatic hydroxyl groups is 1. The number of halogens is 1. The molecule has 1 aromatic carbocycles. The molecule has 7 nitrogen and oxygen atoms in total. The zero-order chi connectivity index (χ0) is 17.3. The van der Waals surface area contributed by atoms with Crippen molar-refractivity contribution >= 4 is 5.91 Å². The smallest absolute Gasteiger partial charge is 0.296 e. The number of nitrogens with one attached hydrogen (secondary N) is 2. The lowest BCUT2D eigenvalue weighted by molar-refractivity contribution is 0.0941. The van der Waals surface area contributed by atoms with E-state index >= 15 is 0 Å². The van der Waals surface area contributed by atoms with E-state index in [0.717, 1.165) is 0 Å². The van der Waals surface area contributed by atoms with Crippen LogP contribution in [0.5, 0.6) is 5.75 Å². The van der Waals surface area contributed by atoms with Crippen molar-refractivity contribution in [3.63, 3.8) is 0 Å². The standard InChI is InChI=1S/C16H17FN4O3/c1-18-11-6-7-21-14(11)20-12(13(22)16(21)24)15(23)19-8-9-2-4-10(17)5-3-9/h2-5,11,18,22H,6-8H2,1H3,(H,19,23). The van der Waals surface area contributed by atoms with Crippen LogP contribution in [0.25, 0.3) is 0 Å². The van der Waals surface area contributed by atoms with Crippen molar-refractivity contribution in [2.75, 3.05) is 7.05 Å². The first-order chi connectivity index (χ1) is 11.5. The molecule has 0 saturated heterocycles. The van der Waals surface area contributed by atoms with Crippen molar-refractivity contribution in [2.45, 2.75) is 25.6 Å². The third kappa shape index (κ3) is 2.88. The van der Waals surface area contributed by atoms with E-state index in [9.17, 15) is 19.1 Å². The summed E-state index contributed by atoms with van der Waals surface area (Å²) in [5.41, 5.74) is -0.226. The fraction of sp³-hybridized carbons (Fsp3) is 0.312. The Morgan fingerprint density at radius 2 is 2.12 bits per heavy atom. The monoisotopic (exact) mass is 332 g/mol. The molecule has 0 aliphatic carbocycles. The second-order valence-corrected chi connectivity index (χ2v) is 5.56. The molecule has 0 radical (unpaired) electrons. The van der Waals surface area contributed by atoms with Gasteiger partial charge in [0, 0.05) is 13.1 Å². The van der Waals surface area contributed by atoms with Gasteiger partial charge in [-0.05, 0) is 31.2 Å². The highest BCUT2D eigenvalue weighted by Gasteiger charge is 2.29. The van der Waals surface area contributed by atoms with Crippen LogP contribution in [0.1, 0.15) is 34.3 Å². The summed E-state index contributed by atoms with van der Waals surface area (Å²) in [7, 11) is 1.74. The molecule has 1 aromatic heterocycles. The summed E-state index contributed by atoms with van der Waals surface area (Å²) in [5.74, 6) is -1.24. The molecule has 8 heteroatoms. The lowest BCUT2D eigenvalue weighted by Gasteiger charge is -2.12. The predicted molar refractivity (Wildman–Crippen MR) is 84.1 cm³/mol. The molecule has 0 saturated carbocycles. The molecular formula is C16H17FN4O3. The summed E-state index contributed by atoms with van der Waals surface area (Å²) in [4.78, 5) is 28.6. The molecule has 1 aliphatic heterocycles. The maximum Gasteiger partial charge on any atom is 0.296 e. The summed E-state index contributed by atoms with van der Waals surface area (Å²) in [6, 6.07) is 5.52. The molecule has 1 atom stereocenters. The van der Waals surface area contributed by atoms with Crippen molar-refractivity contribution in [3.8, 4) is 5.75 Å². The highest BCUT2D eigenvalue weighted by atomic mass is 19.1. The van der Waals surface area contributed by atoms with Crippen LogP contribution in [0, 0.1) is 5.82 Å². The van der Waals surface area contributed by atoms with E-state index in [0.29, 0.717) is 24.4 Å². The second kappa shape index (κ2) is 6.40. The first kappa shape index (κ1) is 16.1. The molecule has 2 aromatic rings. The first-order valence-corrected chi connectivity index (χ1v) is 7.55. The van der Waals surface area contributed by atoms with Crippen LogP contribution in [0.3, 0.4) is 0 Å². The van der Waals surface area contributed by atoms with Crippen molar-refractivity contribution in [3.05, 3.63) is 57.5 Å². The summed E-state index contributed by atoms with van der Waals surface area (Å²) < 4.78 is 14.2. The largest absolute Gasteiger partial charge is 0.501 e. The molecule has 0 spiro atoms. The quantitative estimate of drug-likeness (QED) is 0.765. The van der Waals surface area contributed by atoms with Gasteiger partial charge < -0.3 is 15.7 Å². The summed E-state index contributed by atoms with van der Waals surface area (Å²) in [6.07, 6.45) is 0.666. The van der Waals surface area contributed by atoms with Crippen molar-refractivity contribution < 1.29 is 14.3 Å². The summed E-state index contributed by atoms with van der Waals surface area (Å²) >= 11 is 0. The minimum absolute atomic E-state index is 0.133. The van der Waals surface area contributed by atoms with E-state index in [1.165, 1.54) is 28.8 Å². The normalized spacial score (nSPS) is 16.0. The number of hydrogen-bond donors (Lipinski definition) is 3. The fourth-order valence-electron chi connectivity index (χ4n) is 2.73. The second-order valence-electron chi connectivity index (χ2n) is 5.56. The number of aromatic nitrogens is 2. The van der Waals surface area contributed by atoms with E-state index in [4.69, 9.17) is 0 Å². The molecule has 126 valence electrons. The minimum Gasteiger partial charge on any atom is -0.501 e. The van der Waals surface area contributed by atoms with Gasteiger partial charge in [0.15, 0.2) is 5.69 Å². The molecule has 24 heavy (non-hydrogen) atoms. The van der Waals surface area contributed by atoms with Crippen LogP contribution in [0.2, 0.25) is 0 Å². The average molecular weight is 332 g/mol. The number of fused-ring (bicyclic) bond motifs is 1. The SMILES string of the molecule is CNC1CCn2c1nc(C(=O)NCc1ccc(F)cc1)c(O)c2=O. The van der Waals surface area contributed by atoms with Gasteiger partial charge in [-0.1, -0.05) is 12.1 Å². The third-order valence-electron chi connectivity index (χ3n) is 4.06. The predicted octanol–water partition coefficient (Wildman–Crippen LogP) is 0.682. The molecule has 1 aliphatic rings. The van der Waals surface area contributed by atoms with Crippen LogP contribution in [0.15, 0.2) is 29.1 Å². The van der Waals surface area contributed by atoms with Crippen LogP contribution in [0.4, 0.5) is 4.39 Å². The average Bonchev–Trinajstić information content (AvgIpc) is 3.00. The molecule has 1 unspecified atom stereocenters. The third-order valence-corrected chi connectivity index (χ3v) is 4.06. The lowest BCUT2D eigenvalue weighted by Crippen LogP contribution is -2.30. The maximum absolute atomic E-state index is 12.9. The van der Waals surface area contributed by atoms with E-state index in [1.54, 1.807) is 7.05 Å². The van der Waals surface area contributed by atoms with Crippen molar-refractivity contribution in [2.24, 2.45) is 0 Å². The Morgan fingerprint density at radius 1 is 1.42 bits per heavy atom. The molecule has 0 fully saturated rings. The molecule has 1 amide bonds. The maximum atomic E-state index is 12.9. The molecular weight excluding hydrogens is 315 g/mol. The fourth-order valence-corrected chi connectivity index (χ4v) is 2.73. The Hall–Kier alpha value is -2.74.